The normalized spacial score (nSPS) is 16.4. The van der Waals surface area contributed by atoms with Crippen molar-refractivity contribution in [2.24, 2.45) is 0 Å². The Morgan fingerprint density at radius 3 is 2.77 bits per heavy atom. The van der Waals surface area contributed by atoms with Gasteiger partial charge in [-0.2, -0.15) is 15.4 Å². The number of imidazole rings is 1. The van der Waals surface area contributed by atoms with E-state index in [1.165, 1.54) is 0 Å². The second-order valence-corrected chi connectivity index (χ2v) is 7.81. The number of pyridine rings is 1. The topological polar surface area (TPSA) is 92.6 Å². The number of likely N-dealkylation sites (tertiary alicyclic amines) is 1. The van der Waals surface area contributed by atoms with Gasteiger partial charge in [0.25, 0.3) is 5.91 Å². The standard InChI is InChI=1S/C23H23N7O/c1-16-22(27-28-26-16)18-9-10-24-20(12-18)21-14-30(15-25-21)19-8-5-11-29(13-19)23(31)17-6-3-2-4-7-17/h2-4,6-7,9-10,12,14-15,19H,5,8,11,13H2,1H3,(H,26,27,28)/t19-/m1/s1. The molecule has 1 aromatic carbocycles. The third-order valence-electron chi connectivity index (χ3n) is 5.75. The summed E-state index contributed by atoms with van der Waals surface area (Å²) in [6.07, 6.45) is 7.60. The summed E-state index contributed by atoms with van der Waals surface area (Å²) in [5.74, 6) is 0.0861. The first-order chi connectivity index (χ1) is 15.2. The van der Waals surface area contributed by atoms with Crippen LogP contribution in [0.1, 0.15) is 34.9 Å². The minimum Gasteiger partial charge on any atom is -0.337 e. The molecule has 5 rings (SSSR count). The molecular weight excluding hydrogens is 390 g/mol. The fourth-order valence-corrected chi connectivity index (χ4v) is 4.09. The number of benzene rings is 1. The van der Waals surface area contributed by atoms with Gasteiger partial charge in [-0.15, -0.1) is 0 Å². The van der Waals surface area contributed by atoms with Gasteiger partial charge in [0.15, 0.2) is 0 Å². The maximum Gasteiger partial charge on any atom is 0.253 e. The summed E-state index contributed by atoms with van der Waals surface area (Å²) in [5.41, 5.74) is 4.92. The number of amides is 1. The number of hydrogen-bond donors (Lipinski definition) is 1. The van der Waals surface area contributed by atoms with E-state index in [-0.39, 0.29) is 11.9 Å². The zero-order chi connectivity index (χ0) is 21.2. The molecule has 1 fully saturated rings. The van der Waals surface area contributed by atoms with Crippen molar-refractivity contribution < 1.29 is 4.79 Å². The number of nitrogens with one attached hydrogen (secondary N) is 1. The van der Waals surface area contributed by atoms with Crippen LogP contribution in [0, 0.1) is 6.92 Å². The molecule has 0 saturated carbocycles. The second-order valence-electron chi connectivity index (χ2n) is 7.81. The van der Waals surface area contributed by atoms with Crippen molar-refractivity contribution in [1.82, 2.24) is 34.8 Å². The van der Waals surface area contributed by atoms with E-state index in [9.17, 15) is 4.79 Å². The number of aromatic amines is 1. The van der Waals surface area contributed by atoms with Crippen LogP contribution in [0.5, 0.6) is 0 Å². The molecule has 1 amide bonds. The first-order valence-corrected chi connectivity index (χ1v) is 10.4. The molecule has 0 bridgehead atoms. The number of aryl methyl sites for hydroxylation is 1. The molecule has 4 aromatic rings. The lowest BCUT2D eigenvalue weighted by molar-refractivity contribution is 0.0679. The minimum atomic E-state index is 0.0861. The lowest BCUT2D eigenvalue weighted by Gasteiger charge is -2.33. The number of piperidine rings is 1. The molecule has 0 spiro atoms. The fraction of sp³-hybridized carbons (Fsp3) is 0.261. The molecule has 1 saturated heterocycles. The van der Waals surface area contributed by atoms with Crippen molar-refractivity contribution in [3.05, 3.63) is 72.4 Å². The van der Waals surface area contributed by atoms with E-state index >= 15 is 0 Å². The van der Waals surface area contributed by atoms with Gasteiger partial charge in [0.1, 0.15) is 11.4 Å². The van der Waals surface area contributed by atoms with E-state index in [1.54, 1.807) is 6.20 Å². The number of H-pyrrole nitrogens is 1. The lowest BCUT2D eigenvalue weighted by Crippen LogP contribution is -2.40. The van der Waals surface area contributed by atoms with Crippen molar-refractivity contribution in [3.8, 4) is 22.6 Å². The van der Waals surface area contributed by atoms with Gasteiger partial charge in [-0.3, -0.25) is 9.78 Å². The monoisotopic (exact) mass is 413 g/mol. The summed E-state index contributed by atoms with van der Waals surface area (Å²) in [4.78, 5) is 23.9. The van der Waals surface area contributed by atoms with E-state index in [0.717, 1.165) is 53.3 Å². The van der Waals surface area contributed by atoms with Crippen molar-refractivity contribution in [1.29, 1.82) is 0 Å². The van der Waals surface area contributed by atoms with Crippen molar-refractivity contribution in [2.75, 3.05) is 13.1 Å². The second kappa shape index (κ2) is 8.14. The molecule has 8 heteroatoms. The third-order valence-corrected chi connectivity index (χ3v) is 5.75. The number of carbonyl (C=O) groups is 1. The Morgan fingerprint density at radius 2 is 1.97 bits per heavy atom. The average Bonchev–Trinajstić information content (AvgIpc) is 3.49. The number of nitrogens with zero attached hydrogens (tertiary/aromatic N) is 6. The maximum atomic E-state index is 12.9. The summed E-state index contributed by atoms with van der Waals surface area (Å²) in [5, 5.41) is 11.0. The van der Waals surface area contributed by atoms with Gasteiger partial charge in [0.2, 0.25) is 0 Å². The average molecular weight is 413 g/mol. The summed E-state index contributed by atoms with van der Waals surface area (Å²) in [6, 6.07) is 13.6. The molecule has 1 atom stereocenters. The zero-order valence-electron chi connectivity index (χ0n) is 17.3. The molecule has 1 aliphatic rings. The van der Waals surface area contributed by atoms with E-state index < -0.39 is 0 Å². The zero-order valence-corrected chi connectivity index (χ0v) is 17.3. The Hall–Kier alpha value is -3.81. The molecule has 8 nitrogen and oxygen atoms in total. The van der Waals surface area contributed by atoms with Crippen molar-refractivity contribution in [2.45, 2.75) is 25.8 Å². The Kier molecular flexibility index (Phi) is 5.03. The Morgan fingerprint density at radius 1 is 1.10 bits per heavy atom. The van der Waals surface area contributed by atoms with Gasteiger partial charge in [0, 0.05) is 36.6 Å². The van der Waals surface area contributed by atoms with Crippen LogP contribution in [0.3, 0.4) is 0 Å². The highest BCUT2D eigenvalue weighted by Gasteiger charge is 2.25. The number of rotatable bonds is 4. The van der Waals surface area contributed by atoms with E-state index in [4.69, 9.17) is 0 Å². The van der Waals surface area contributed by atoms with Crippen molar-refractivity contribution >= 4 is 5.91 Å². The predicted molar refractivity (Wildman–Crippen MR) is 116 cm³/mol. The highest BCUT2D eigenvalue weighted by molar-refractivity contribution is 5.94. The van der Waals surface area contributed by atoms with E-state index in [0.29, 0.717) is 6.54 Å². The maximum absolute atomic E-state index is 12.9. The van der Waals surface area contributed by atoms with Gasteiger partial charge in [0.05, 0.1) is 23.8 Å². The largest absolute Gasteiger partial charge is 0.337 e. The number of carbonyl (C=O) groups excluding carboxylic acids is 1. The van der Waals surface area contributed by atoms with Crippen LogP contribution < -0.4 is 0 Å². The highest BCUT2D eigenvalue weighted by Crippen LogP contribution is 2.27. The van der Waals surface area contributed by atoms with Crippen LogP contribution in [0.2, 0.25) is 0 Å². The predicted octanol–water partition coefficient (Wildman–Crippen LogP) is 3.52. The molecule has 156 valence electrons. The van der Waals surface area contributed by atoms with Crippen LogP contribution in [-0.4, -0.2) is 53.8 Å². The quantitative estimate of drug-likeness (QED) is 0.553. The minimum absolute atomic E-state index is 0.0861. The van der Waals surface area contributed by atoms with Gasteiger partial charge in [-0.1, -0.05) is 18.2 Å². The molecule has 0 aliphatic carbocycles. The Bertz CT molecular complexity index is 1200. The van der Waals surface area contributed by atoms with E-state index in [2.05, 4.69) is 29.9 Å². The Balaban J connectivity index is 1.35. The van der Waals surface area contributed by atoms with Gasteiger partial charge >= 0.3 is 0 Å². The molecule has 0 radical (unpaired) electrons. The fourth-order valence-electron chi connectivity index (χ4n) is 4.09. The summed E-state index contributed by atoms with van der Waals surface area (Å²) >= 11 is 0. The molecule has 31 heavy (non-hydrogen) atoms. The summed E-state index contributed by atoms with van der Waals surface area (Å²) < 4.78 is 2.11. The Labute approximate surface area is 180 Å². The van der Waals surface area contributed by atoms with Crippen LogP contribution >= 0.6 is 0 Å². The molecule has 1 aliphatic heterocycles. The first-order valence-electron chi connectivity index (χ1n) is 10.4. The first kappa shape index (κ1) is 19.2. The van der Waals surface area contributed by atoms with Crippen LogP contribution in [0.4, 0.5) is 0 Å². The van der Waals surface area contributed by atoms with Crippen LogP contribution in [0.15, 0.2) is 61.2 Å². The third kappa shape index (κ3) is 3.84. The smallest absolute Gasteiger partial charge is 0.253 e. The number of aromatic nitrogens is 6. The molecule has 1 N–H and O–H groups in total. The van der Waals surface area contributed by atoms with Crippen molar-refractivity contribution in [3.63, 3.8) is 0 Å². The highest BCUT2D eigenvalue weighted by atomic mass is 16.2. The van der Waals surface area contributed by atoms with Crippen LogP contribution in [0.25, 0.3) is 22.6 Å². The summed E-state index contributed by atoms with van der Waals surface area (Å²) in [7, 11) is 0. The number of hydrogen-bond acceptors (Lipinski definition) is 5. The SMILES string of the molecule is Cc1n[nH]nc1-c1ccnc(-c2cn([C@@H]3CCCN(C(=O)c4ccccc4)C3)cn2)c1. The molecule has 3 aromatic heterocycles. The summed E-state index contributed by atoms with van der Waals surface area (Å²) in [6.45, 7) is 3.38. The van der Waals surface area contributed by atoms with Gasteiger partial charge in [-0.05, 0) is 44.0 Å². The molecule has 0 unspecified atom stereocenters. The van der Waals surface area contributed by atoms with Crippen LogP contribution in [-0.2, 0) is 0 Å². The molecule has 4 heterocycles. The lowest BCUT2D eigenvalue weighted by atomic mass is 10.0. The van der Waals surface area contributed by atoms with Gasteiger partial charge < -0.3 is 9.47 Å². The molecular formula is C23H23N7O. The van der Waals surface area contributed by atoms with Gasteiger partial charge in [-0.25, -0.2) is 4.98 Å². The van der Waals surface area contributed by atoms with E-state index in [1.807, 2.05) is 66.8 Å².